The second kappa shape index (κ2) is 20.0. The summed E-state index contributed by atoms with van der Waals surface area (Å²) in [5, 5.41) is 3.52. The zero-order chi connectivity index (χ0) is 42.9. The molecule has 1 saturated heterocycles. The van der Waals surface area contributed by atoms with E-state index in [-0.39, 0.29) is 38.2 Å². The van der Waals surface area contributed by atoms with E-state index in [0.29, 0.717) is 61.9 Å². The number of rotatable bonds is 15. The summed E-state index contributed by atoms with van der Waals surface area (Å²) in [5.41, 5.74) is 2.38. The molecule has 4 aromatic carbocycles. The van der Waals surface area contributed by atoms with Crippen LogP contribution in [-0.2, 0) is 29.1 Å². The molecule has 0 unspecified atom stereocenters. The Kier molecular flexibility index (Phi) is 15.1. The van der Waals surface area contributed by atoms with Crippen LogP contribution < -0.4 is 29.0 Å². The molecule has 1 N–H and O–H groups in total. The van der Waals surface area contributed by atoms with Crippen molar-refractivity contribution in [1.82, 2.24) is 15.1 Å². The third-order valence-corrected chi connectivity index (χ3v) is 10.4. The summed E-state index contributed by atoms with van der Waals surface area (Å²) >= 11 is 12.4. The van der Waals surface area contributed by atoms with Gasteiger partial charge in [0.1, 0.15) is 46.5 Å². The molecule has 0 spiro atoms. The molecule has 1 aliphatic heterocycles. The lowest BCUT2D eigenvalue weighted by atomic mass is 9.96. The molecule has 12 nitrogen and oxygen atoms in total. The number of benzene rings is 4. The molecule has 59 heavy (non-hydrogen) atoms. The minimum atomic E-state index is -0.767. The molecule has 0 aliphatic carbocycles. The minimum absolute atomic E-state index is 0.163. The van der Waals surface area contributed by atoms with Crippen LogP contribution in [0.5, 0.6) is 28.7 Å². The minimum Gasteiger partial charge on any atom is -0.496 e. The van der Waals surface area contributed by atoms with Crippen molar-refractivity contribution in [3.05, 3.63) is 112 Å². The van der Waals surface area contributed by atoms with Gasteiger partial charge in [0.2, 0.25) is 5.91 Å². The van der Waals surface area contributed by atoms with Crippen LogP contribution in [0.1, 0.15) is 72.8 Å². The maximum atomic E-state index is 14.6. The summed E-state index contributed by atoms with van der Waals surface area (Å²) in [6, 6.07) is 22.2. The predicted molar refractivity (Wildman–Crippen MR) is 230 cm³/mol. The Morgan fingerprint density at radius 1 is 0.881 bits per heavy atom. The number of nitrogens with one attached hydrogen (secondary N) is 1. The Hall–Kier alpha value is -5.53. The van der Waals surface area contributed by atoms with Crippen molar-refractivity contribution in [2.75, 3.05) is 41.5 Å². The second-order valence-corrected chi connectivity index (χ2v) is 15.9. The number of nitrogens with zero attached hydrogens (tertiary/aromatic N) is 2. The fourth-order valence-electron chi connectivity index (χ4n) is 6.82. The van der Waals surface area contributed by atoms with Gasteiger partial charge in [-0.3, -0.25) is 9.69 Å². The summed E-state index contributed by atoms with van der Waals surface area (Å²) in [6.45, 7) is 7.71. The molecule has 14 heteroatoms. The fourth-order valence-corrected chi connectivity index (χ4v) is 7.28. The number of methoxy groups -OCH3 is 4. The Balaban J connectivity index is 1.47. The number of halogens is 1. The van der Waals surface area contributed by atoms with Crippen LogP contribution >= 0.6 is 23.8 Å². The van der Waals surface area contributed by atoms with E-state index in [1.54, 1.807) is 97.7 Å². The second-order valence-electron chi connectivity index (χ2n) is 15.0. The first kappa shape index (κ1) is 44.6. The number of imide groups is 1. The van der Waals surface area contributed by atoms with Gasteiger partial charge in [0, 0.05) is 23.7 Å². The van der Waals surface area contributed by atoms with Gasteiger partial charge in [-0.15, -0.1) is 0 Å². The van der Waals surface area contributed by atoms with Gasteiger partial charge < -0.3 is 38.6 Å². The van der Waals surface area contributed by atoms with Gasteiger partial charge in [-0.1, -0.05) is 67.1 Å². The predicted octanol–water partition coefficient (Wildman–Crippen LogP) is 8.60. The van der Waals surface area contributed by atoms with Crippen LogP contribution in [0.4, 0.5) is 4.79 Å². The molecule has 0 bridgehead atoms. The molecule has 1 aliphatic rings. The van der Waals surface area contributed by atoms with E-state index in [0.717, 1.165) is 10.5 Å². The molecular weight excluding hydrogens is 794 g/mol. The molecule has 0 aromatic heterocycles. The SMILES string of the molecule is CC[C@@H](NC(=O)N1CC(=S)N(Cc2c(OC)cc(OC)cc2OC)C[C@@H](Cc2cc(Cl)ccc2OC)C1=O)c1ccc(OCc2ccccc2)c(C(=O)OC(C)(C)C)c1. The molecule has 314 valence electrons. The number of ether oxygens (including phenoxy) is 6. The smallest absolute Gasteiger partial charge is 0.342 e. The molecule has 2 atom stereocenters. The zero-order valence-electron chi connectivity index (χ0n) is 34.8. The lowest BCUT2D eigenvalue weighted by molar-refractivity contribution is -0.131. The average Bonchev–Trinajstić information content (AvgIpc) is 3.33. The van der Waals surface area contributed by atoms with Gasteiger partial charge in [-0.25, -0.2) is 9.59 Å². The van der Waals surface area contributed by atoms with E-state index in [4.69, 9.17) is 52.2 Å². The van der Waals surface area contributed by atoms with Gasteiger partial charge in [0.25, 0.3) is 0 Å². The summed E-state index contributed by atoms with van der Waals surface area (Å²) in [5.74, 6) is 0.693. The summed E-state index contributed by atoms with van der Waals surface area (Å²) < 4.78 is 34.4. The maximum Gasteiger partial charge on any atom is 0.342 e. The van der Waals surface area contributed by atoms with Crippen LogP contribution in [0.2, 0.25) is 5.02 Å². The van der Waals surface area contributed by atoms with Crippen molar-refractivity contribution in [3.8, 4) is 28.7 Å². The zero-order valence-corrected chi connectivity index (χ0v) is 36.3. The highest BCUT2D eigenvalue weighted by molar-refractivity contribution is 7.80. The largest absolute Gasteiger partial charge is 0.496 e. The van der Waals surface area contributed by atoms with E-state index >= 15 is 0 Å². The van der Waals surface area contributed by atoms with Gasteiger partial charge in [0.05, 0.1) is 64.0 Å². The van der Waals surface area contributed by atoms with Gasteiger partial charge >= 0.3 is 12.0 Å². The molecule has 3 amide bonds. The summed E-state index contributed by atoms with van der Waals surface area (Å²) in [7, 11) is 6.20. The average molecular weight is 846 g/mol. The van der Waals surface area contributed by atoms with Crippen molar-refractivity contribution in [2.24, 2.45) is 5.92 Å². The number of thiocarbonyl (C=S) groups is 1. The molecule has 1 fully saturated rings. The summed E-state index contributed by atoms with van der Waals surface area (Å²) in [6.07, 6.45) is 0.631. The third-order valence-electron chi connectivity index (χ3n) is 9.79. The normalized spacial score (nSPS) is 14.9. The van der Waals surface area contributed by atoms with Crippen molar-refractivity contribution in [2.45, 2.75) is 65.3 Å². The molecule has 0 saturated carbocycles. The number of carbonyl (C=O) groups is 3. The Morgan fingerprint density at radius 3 is 2.15 bits per heavy atom. The number of amides is 3. The Morgan fingerprint density at radius 2 is 1.54 bits per heavy atom. The van der Waals surface area contributed by atoms with E-state index < -0.39 is 35.5 Å². The molecule has 5 rings (SSSR count). The first-order valence-electron chi connectivity index (χ1n) is 19.2. The Labute approximate surface area is 356 Å². The molecular formula is C45H52ClN3O9S. The van der Waals surface area contributed by atoms with Crippen LogP contribution in [0.15, 0.2) is 78.9 Å². The molecule has 0 radical (unpaired) electrons. The van der Waals surface area contributed by atoms with Gasteiger partial charge in [-0.05, 0) is 80.6 Å². The molecule has 1 heterocycles. The standard InChI is InChI=1S/C45H52ClN3O9S/c1-9-36(29-15-17-38(57-27-28-13-11-10-12-14-28)34(21-29)43(51)58-45(2,3)4)47-44(52)49-26-41(59)48(25-35-39(55-7)22-33(53-5)23-40(35)56-8)24-31(42(49)50)19-30-20-32(46)16-18-37(30)54-6/h10-18,20-23,31,36H,9,19,24-27H2,1-8H3,(H,47,52)/t31-,36-/m1/s1. The number of esters is 1. The van der Waals surface area contributed by atoms with Crippen molar-refractivity contribution in [1.29, 1.82) is 0 Å². The monoisotopic (exact) mass is 845 g/mol. The van der Waals surface area contributed by atoms with E-state index in [1.807, 2.05) is 42.2 Å². The van der Waals surface area contributed by atoms with Crippen LogP contribution in [0, 0.1) is 5.92 Å². The van der Waals surface area contributed by atoms with E-state index in [1.165, 1.54) is 0 Å². The van der Waals surface area contributed by atoms with Gasteiger partial charge in [-0.2, -0.15) is 0 Å². The first-order chi connectivity index (χ1) is 28.2. The quantitative estimate of drug-likeness (QED) is 0.0914. The highest BCUT2D eigenvalue weighted by Crippen LogP contribution is 2.36. The lowest BCUT2D eigenvalue weighted by Gasteiger charge is -2.27. The number of urea groups is 1. The van der Waals surface area contributed by atoms with E-state index in [2.05, 4.69) is 5.32 Å². The van der Waals surface area contributed by atoms with Crippen LogP contribution in [-0.4, -0.2) is 79.8 Å². The van der Waals surface area contributed by atoms with Gasteiger partial charge in [0.15, 0.2) is 0 Å². The number of hydrogen-bond donors (Lipinski definition) is 1. The fraction of sp³-hybridized carbons (Fsp3) is 0.378. The number of hydrogen-bond acceptors (Lipinski definition) is 10. The van der Waals surface area contributed by atoms with E-state index in [9.17, 15) is 14.4 Å². The number of carbonyl (C=O) groups excluding carboxylic acids is 3. The van der Waals surface area contributed by atoms with Crippen LogP contribution in [0.25, 0.3) is 0 Å². The molecule has 4 aromatic rings. The van der Waals surface area contributed by atoms with Crippen LogP contribution in [0.3, 0.4) is 0 Å². The maximum absolute atomic E-state index is 14.6. The highest BCUT2D eigenvalue weighted by Gasteiger charge is 2.38. The van der Waals surface area contributed by atoms with Crippen molar-refractivity contribution in [3.63, 3.8) is 0 Å². The Bertz CT molecular complexity index is 2120. The highest BCUT2D eigenvalue weighted by atomic mass is 35.5. The topological polar surface area (TPSA) is 125 Å². The third kappa shape index (κ3) is 11.4. The first-order valence-corrected chi connectivity index (χ1v) is 20.0. The lowest BCUT2D eigenvalue weighted by Crippen LogP contribution is -2.48. The summed E-state index contributed by atoms with van der Waals surface area (Å²) in [4.78, 5) is 46.0. The van der Waals surface area contributed by atoms with Crippen molar-refractivity contribution >= 4 is 46.7 Å². The van der Waals surface area contributed by atoms with Crippen molar-refractivity contribution < 1.29 is 42.8 Å².